The van der Waals surface area contributed by atoms with Crippen molar-refractivity contribution in [2.75, 3.05) is 13.1 Å². The summed E-state index contributed by atoms with van der Waals surface area (Å²) in [6.45, 7) is 2.73. The second-order valence-electron chi connectivity index (χ2n) is 4.27. The molecule has 2 rings (SSSR count). The zero-order chi connectivity index (χ0) is 15.1. The maximum absolute atomic E-state index is 12.1. The summed E-state index contributed by atoms with van der Waals surface area (Å²) in [7, 11) is 0. The Hall–Kier alpha value is -2.23. The molecule has 108 valence electrons. The highest BCUT2D eigenvalue weighted by molar-refractivity contribution is 7.09. The molecular weight excluding hydrogens is 284 g/mol. The molecular formula is C15H16N4OS. The molecule has 0 unspecified atom stereocenters. The van der Waals surface area contributed by atoms with Crippen LogP contribution < -0.4 is 11.1 Å². The van der Waals surface area contributed by atoms with Crippen LogP contribution in [0.1, 0.15) is 26.8 Å². The maximum atomic E-state index is 12.1. The Balaban J connectivity index is 1.97. The van der Waals surface area contributed by atoms with Crippen molar-refractivity contribution in [3.8, 4) is 11.8 Å². The number of nitrogens with one attached hydrogen (secondary N) is 1. The van der Waals surface area contributed by atoms with Crippen LogP contribution in [0.25, 0.3) is 0 Å². The first-order chi connectivity index (χ1) is 10.2. The highest BCUT2D eigenvalue weighted by Crippen LogP contribution is 2.08. The lowest BCUT2D eigenvalue weighted by Crippen LogP contribution is -2.27. The Kier molecular flexibility index (Phi) is 5.43. The lowest BCUT2D eigenvalue weighted by atomic mass is 10.2. The fourth-order valence-corrected chi connectivity index (χ4v) is 2.39. The van der Waals surface area contributed by atoms with E-state index in [0.717, 1.165) is 10.7 Å². The number of aromatic nitrogens is 2. The van der Waals surface area contributed by atoms with Crippen molar-refractivity contribution in [3.63, 3.8) is 0 Å². The average molecular weight is 300 g/mol. The molecule has 3 N–H and O–H groups in total. The summed E-state index contributed by atoms with van der Waals surface area (Å²) in [5.41, 5.74) is 7.25. The number of nitrogens with zero attached hydrogens (tertiary/aromatic N) is 2. The zero-order valence-corrected chi connectivity index (χ0v) is 12.5. The largest absolute Gasteiger partial charge is 0.350 e. The number of hydrogen-bond donors (Lipinski definition) is 2. The molecule has 0 aliphatic heterocycles. The van der Waals surface area contributed by atoms with Gasteiger partial charge in [-0.3, -0.25) is 4.79 Å². The van der Waals surface area contributed by atoms with Gasteiger partial charge in [-0.15, -0.1) is 11.3 Å². The molecule has 5 nitrogen and oxygen atoms in total. The third-order valence-corrected chi connectivity index (χ3v) is 3.50. The van der Waals surface area contributed by atoms with Gasteiger partial charge in [0.05, 0.1) is 22.8 Å². The number of amides is 1. The van der Waals surface area contributed by atoms with E-state index in [4.69, 9.17) is 5.73 Å². The van der Waals surface area contributed by atoms with E-state index in [2.05, 4.69) is 27.1 Å². The predicted molar refractivity (Wildman–Crippen MR) is 83.1 cm³/mol. The van der Waals surface area contributed by atoms with Crippen LogP contribution in [0.2, 0.25) is 0 Å². The molecule has 1 amide bonds. The van der Waals surface area contributed by atoms with Crippen LogP contribution in [-0.4, -0.2) is 29.0 Å². The lowest BCUT2D eigenvalue weighted by molar-refractivity contribution is 0.0949. The van der Waals surface area contributed by atoms with Crippen LogP contribution in [0.5, 0.6) is 0 Å². The number of nitrogens with two attached hydrogens (primary N) is 1. The molecule has 0 aliphatic carbocycles. The summed E-state index contributed by atoms with van der Waals surface area (Å²) < 4.78 is 0. The van der Waals surface area contributed by atoms with E-state index in [1.807, 2.05) is 12.3 Å². The number of carbonyl (C=O) groups is 1. The van der Waals surface area contributed by atoms with E-state index < -0.39 is 0 Å². The molecule has 0 bridgehead atoms. The molecule has 0 aromatic carbocycles. The molecule has 0 aliphatic rings. The molecule has 2 heterocycles. The molecule has 6 heteroatoms. The molecule has 0 spiro atoms. The average Bonchev–Trinajstić information content (AvgIpc) is 2.91. The van der Waals surface area contributed by atoms with Gasteiger partial charge >= 0.3 is 0 Å². The first-order valence-electron chi connectivity index (χ1n) is 6.54. The number of pyridine rings is 1. The molecule has 0 saturated carbocycles. The van der Waals surface area contributed by atoms with E-state index in [1.165, 1.54) is 0 Å². The van der Waals surface area contributed by atoms with Gasteiger partial charge in [-0.2, -0.15) is 0 Å². The third-order valence-electron chi connectivity index (χ3n) is 2.68. The van der Waals surface area contributed by atoms with E-state index in [9.17, 15) is 4.79 Å². The van der Waals surface area contributed by atoms with Crippen LogP contribution in [0.15, 0.2) is 23.7 Å². The van der Waals surface area contributed by atoms with E-state index >= 15 is 0 Å². The Morgan fingerprint density at radius 2 is 2.38 bits per heavy atom. The summed E-state index contributed by atoms with van der Waals surface area (Å²) >= 11 is 1.60. The van der Waals surface area contributed by atoms with Crippen molar-refractivity contribution in [1.82, 2.24) is 15.3 Å². The number of thiazole rings is 1. The van der Waals surface area contributed by atoms with Crippen LogP contribution in [-0.2, 0) is 6.42 Å². The number of carbonyl (C=O) groups excluding carboxylic acids is 1. The number of aryl methyl sites for hydroxylation is 1. The van der Waals surface area contributed by atoms with Crippen molar-refractivity contribution >= 4 is 17.2 Å². The Morgan fingerprint density at radius 3 is 3.10 bits per heavy atom. The summed E-state index contributed by atoms with van der Waals surface area (Å²) in [5.74, 6) is 5.36. The van der Waals surface area contributed by atoms with Gasteiger partial charge in [-0.25, -0.2) is 9.97 Å². The van der Waals surface area contributed by atoms with E-state index in [-0.39, 0.29) is 12.5 Å². The fraction of sp³-hybridized carbons (Fsp3) is 0.267. The van der Waals surface area contributed by atoms with E-state index in [0.29, 0.717) is 24.2 Å². The summed E-state index contributed by atoms with van der Waals surface area (Å²) in [6.07, 6.45) is 2.28. The zero-order valence-electron chi connectivity index (χ0n) is 11.7. The smallest absolute Gasteiger partial charge is 0.271 e. The first kappa shape index (κ1) is 15.2. The molecule has 21 heavy (non-hydrogen) atoms. The van der Waals surface area contributed by atoms with Gasteiger partial charge < -0.3 is 11.1 Å². The van der Waals surface area contributed by atoms with Crippen molar-refractivity contribution in [2.45, 2.75) is 13.3 Å². The van der Waals surface area contributed by atoms with Gasteiger partial charge in [-0.1, -0.05) is 11.8 Å². The van der Waals surface area contributed by atoms with Crippen LogP contribution in [0, 0.1) is 18.8 Å². The Morgan fingerprint density at radius 1 is 1.52 bits per heavy atom. The quantitative estimate of drug-likeness (QED) is 0.829. The van der Waals surface area contributed by atoms with Gasteiger partial charge in [-0.05, 0) is 19.1 Å². The molecule has 0 atom stereocenters. The monoisotopic (exact) mass is 300 g/mol. The fourth-order valence-electron chi connectivity index (χ4n) is 1.74. The lowest BCUT2D eigenvalue weighted by Gasteiger charge is -2.05. The van der Waals surface area contributed by atoms with E-state index in [1.54, 1.807) is 29.7 Å². The second kappa shape index (κ2) is 7.53. The minimum Gasteiger partial charge on any atom is -0.350 e. The van der Waals surface area contributed by atoms with Crippen LogP contribution in [0.3, 0.4) is 0 Å². The van der Waals surface area contributed by atoms with Gasteiger partial charge in [0.25, 0.3) is 5.91 Å². The van der Waals surface area contributed by atoms with Crippen molar-refractivity contribution in [1.29, 1.82) is 0 Å². The maximum Gasteiger partial charge on any atom is 0.271 e. The molecule has 0 radical (unpaired) electrons. The minimum atomic E-state index is -0.233. The normalized spacial score (nSPS) is 9.81. The topological polar surface area (TPSA) is 80.9 Å². The third kappa shape index (κ3) is 4.38. The Labute approximate surface area is 127 Å². The molecule has 2 aromatic rings. The van der Waals surface area contributed by atoms with Crippen LogP contribution >= 0.6 is 11.3 Å². The van der Waals surface area contributed by atoms with Crippen molar-refractivity contribution < 1.29 is 4.79 Å². The predicted octanol–water partition coefficient (Wildman–Crippen LogP) is 1.13. The van der Waals surface area contributed by atoms with Gasteiger partial charge in [0.1, 0.15) is 5.69 Å². The first-order valence-corrected chi connectivity index (χ1v) is 7.42. The Bertz CT molecular complexity index is 684. The SMILES string of the molecule is Cc1nc(CCNC(=O)c2ncccc2C#CCN)cs1. The standard InChI is InChI=1S/C15H16N4OS/c1-11-19-13(10-21-11)6-9-18-15(20)14-12(4-2-7-16)5-3-8-17-14/h3,5,8,10H,6-7,9,16H2,1H3,(H,18,20). The minimum absolute atomic E-state index is 0.233. The van der Waals surface area contributed by atoms with Gasteiger partial charge in [0, 0.05) is 24.5 Å². The van der Waals surface area contributed by atoms with Gasteiger partial charge in [0.2, 0.25) is 0 Å². The number of rotatable bonds is 4. The van der Waals surface area contributed by atoms with Crippen LogP contribution in [0.4, 0.5) is 0 Å². The summed E-state index contributed by atoms with van der Waals surface area (Å²) in [6, 6.07) is 3.50. The highest BCUT2D eigenvalue weighted by Gasteiger charge is 2.11. The number of hydrogen-bond acceptors (Lipinski definition) is 5. The summed E-state index contributed by atoms with van der Waals surface area (Å²) in [4.78, 5) is 20.6. The highest BCUT2D eigenvalue weighted by atomic mass is 32.1. The van der Waals surface area contributed by atoms with Gasteiger partial charge in [0.15, 0.2) is 0 Å². The van der Waals surface area contributed by atoms with Crippen molar-refractivity contribution in [2.24, 2.45) is 5.73 Å². The summed E-state index contributed by atoms with van der Waals surface area (Å²) in [5, 5.41) is 5.87. The molecule has 2 aromatic heterocycles. The second-order valence-corrected chi connectivity index (χ2v) is 5.33. The van der Waals surface area contributed by atoms with Crippen molar-refractivity contribution in [3.05, 3.63) is 45.7 Å². The molecule has 0 saturated heterocycles. The molecule has 0 fully saturated rings.